The van der Waals surface area contributed by atoms with Crippen molar-refractivity contribution in [3.05, 3.63) is 23.8 Å². The van der Waals surface area contributed by atoms with E-state index >= 15 is 0 Å². The zero-order chi connectivity index (χ0) is 17.9. The van der Waals surface area contributed by atoms with Crippen LogP contribution in [-0.4, -0.2) is 38.6 Å². The first-order valence-corrected chi connectivity index (χ1v) is 9.93. The lowest BCUT2D eigenvalue weighted by Crippen LogP contribution is -2.38. The summed E-state index contributed by atoms with van der Waals surface area (Å²) in [6.45, 7) is 4.50. The number of rotatable bonds is 8. The second-order valence-corrected chi connectivity index (χ2v) is 7.85. The summed E-state index contributed by atoms with van der Waals surface area (Å²) in [5, 5.41) is 0. The molecule has 0 aromatic heterocycles. The Kier molecular flexibility index (Phi) is 5.74. The van der Waals surface area contributed by atoms with Gasteiger partial charge in [-0.25, -0.2) is 0 Å². The van der Waals surface area contributed by atoms with Crippen molar-refractivity contribution in [1.29, 1.82) is 0 Å². The van der Waals surface area contributed by atoms with Crippen LogP contribution in [0.3, 0.4) is 0 Å². The number of carbonyl (C=O) groups is 1. The molecule has 0 spiro atoms. The Morgan fingerprint density at radius 1 is 1.33 bits per heavy atom. The lowest BCUT2D eigenvalue weighted by molar-refractivity contribution is -0.135. The molecule has 0 aliphatic heterocycles. The molecule has 6 nitrogen and oxygen atoms in total. The first kappa shape index (κ1) is 18.6. The fourth-order valence-corrected chi connectivity index (χ4v) is 2.94. The maximum atomic E-state index is 12.5. The molecule has 0 bridgehead atoms. The number of nitrogens with zero attached hydrogens (tertiary/aromatic N) is 1. The van der Waals surface area contributed by atoms with E-state index in [1.54, 1.807) is 12.1 Å². The highest BCUT2D eigenvalue weighted by Gasteiger charge is 2.35. The van der Waals surface area contributed by atoms with Gasteiger partial charge >= 0.3 is 10.1 Å². The summed E-state index contributed by atoms with van der Waals surface area (Å²) in [4.78, 5) is 14.4. The van der Waals surface area contributed by atoms with Crippen molar-refractivity contribution in [3.8, 4) is 11.5 Å². The van der Waals surface area contributed by atoms with Gasteiger partial charge in [-0.2, -0.15) is 8.42 Å². The van der Waals surface area contributed by atoms with Crippen LogP contribution in [0.5, 0.6) is 11.5 Å². The van der Waals surface area contributed by atoms with Crippen LogP contribution in [0.25, 0.3) is 0 Å². The third-order valence-electron chi connectivity index (χ3n) is 4.15. The standard InChI is InChI=1S/C17H25NO5S/c1-5-12(2)18(17(19)14-7-8-14)11-13-6-9-15(22-3)16(10-13)23-24(4,20)21/h6,9-10,12,14H,5,7-8,11H2,1-4H3/t12-/m0/s1. The molecule has 134 valence electrons. The molecule has 2 rings (SSSR count). The third kappa shape index (κ3) is 4.87. The van der Waals surface area contributed by atoms with Crippen molar-refractivity contribution in [1.82, 2.24) is 4.90 Å². The van der Waals surface area contributed by atoms with Gasteiger partial charge in [0, 0.05) is 18.5 Å². The molecule has 1 aliphatic rings. The Labute approximate surface area is 143 Å². The van der Waals surface area contributed by atoms with E-state index in [4.69, 9.17) is 8.92 Å². The van der Waals surface area contributed by atoms with E-state index in [1.807, 2.05) is 24.8 Å². The fourth-order valence-electron chi connectivity index (χ4n) is 2.48. The van der Waals surface area contributed by atoms with Gasteiger partial charge in [0.2, 0.25) is 5.91 Å². The van der Waals surface area contributed by atoms with Crippen LogP contribution in [0.15, 0.2) is 18.2 Å². The quantitative estimate of drug-likeness (QED) is 0.670. The minimum atomic E-state index is -3.66. The molecule has 7 heteroatoms. The van der Waals surface area contributed by atoms with Crippen LogP contribution >= 0.6 is 0 Å². The second kappa shape index (κ2) is 7.42. The van der Waals surface area contributed by atoms with E-state index in [1.165, 1.54) is 7.11 Å². The molecule has 0 radical (unpaired) electrons. The van der Waals surface area contributed by atoms with Crippen molar-refractivity contribution in [2.45, 2.75) is 45.7 Å². The molecule has 1 saturated carbocycles. The summed E-state index contributed by atoms with van der Waals surface area (Å²) in [6.07, 6.45) is 3.76. The summed E-state index contributed by atoms with van der Waals surface area (Å²) in [5.74, 6) is 0.794. The Balaban J connectivity index is 2.26. The molecular weight excluding hydrogens is 330 g/mol. The Bertz CT molecular complexity index is 697. The molecule has 1 amide bonds. The van der Waals surface area contributed by atoms with Gasteiger partial charge in [0.1, 0.15) is 0 Å². The van der Waals surface area contributed by atoms with Gasteiger partial charge in [-0.05, 0) is 43.9 Å². The maximum Gasteiger partial charge on any atom is 0.306 e. The summed E-state index contributed by atoms with van der Waals surface area (Å²) in [7, 11) is -2.21. The predicted molar refractivity (Wildman–Crippen MR) is 91.5 cm³/mol. The molecule has 0 N–H and O–H groups in total. The molecule has 0 heterocycles. The lowest BCUT2D eigenvalue weighted by Gasteiger charge is -2.29. The number of hydrogen-bond donors (Lipinski definition) is 0. The van der Waals surface area contributed by atoms with Gasteiger partial charge in [-0.1, -0.05) is 13.0 Å². The number of methoxy groups -OCH3 is 1. The summed E-state index contributed by atoms with van der Waals surface area (Å²) < 4.78 is 33.0. The number of hydrogen-bond acceptors (Lipinski definition) is 5. The fraction of sp³-hybridized carbons (Fsp3) is 0.588. The van der Waals surface area contributed by atoms with E-state index in [-0.39, 0.29) is 23.6 Å². The monoisotopic (exact) mass is 355 g/mol. The molecular formula is C17H25NO5S. The van der Waals surface area contributed by atoms with Gasteiger partial charge in [0.25, 0.3) is 0 Å². The number of amides is 1. The van der Waals surface area contributed by atoms with E-state index in [2.05, 4.69) is 0 Å². The van der Waals surface area contributed by atoms with Gasteiger partial charge in [-0.15, -0.1) is 0 Å². The first-order chi connectivity index (χ1) is 11.2. The Hall–Kier alpha value is -1.76. The summed E-state index contributed by atoms with van der Waals surface area (Å²) >= 11 is 0. The molecule has 24 heavy (non-hydrogen) atoms. The molecule has 1 aromatic rings. The average Bonchev–Trinajstić information content (AvgIpc) is 3.34. The lowest BCUT2D eigenvalue weighted by atomic mass is 10.1. The topological polar surface area (TPSA) is 72.9 Å². The van der Waals surface area contributed by atoms with Crippen LogP contribution < -0.4 is 8.92 Å². The van der Waals surface area contributed by atoms with Crippen LogP contribution in [0.1, 0.15) is 38.7 Å². The Morgan fingerprint density at radius 2 is 2.00 bits per heavy atom. The molecule has 1 aliphatic carbocycles. The smallest absolute Gasteiger partial charge is 0.306 e. The van der Waals surface area contributed by atoms with E-state index < -0.39 is 10.1 Å². The Morgan fingerprint density at radius 3 is 2.50 bits per heavy atom. The van der Waals surface area contributed by atoms with Crippen LogP contribution in [-0.2, 0) is 21.5 Å². The van der Waals surface area contributed by atoms with Crippen molar-refractivity contribution < 1.29 is 22.1 Å². The normalized spacial score (nSPS) is 15.7. The molecule has 0 unspecified atom stereocenters. The maximum absolute atomic E-state index is 12.5. The van der Waals surface area contributed by atoms with E-state index in [0.29, 0.717) is 12.3 Å². The van der Waals surface area contributed by atoms with Gasteiger partial charge in [0.15, 0.2) is 11.5 Å². The van der Waals surface area contributed by atoms with E-state index in [9.17, 15) is 13.2 Å². The van der Waals surface area contributed by atoms with Crippen LogP contribution in [0.4, 0.5) is 0 Å². The number of carbonyl (C=O) groups excluding carboxylic acids is 1. The second-order valence-electron chi connectivity index (χ2n) is 6.27. The highest BCUT2D eigenvalue weighted by atomic mass is 32.2. The minimum Gasteiger partial charge on any atom is -0.493 e. The predicted octanol–water partition coefficient (Wildman–Crippen LogP) is 2.57. The number of benzene rings is 1. The molecule has 0 saturated heterocycles. The highest BCUT2D eigenvalue weighted by molar-refractivity contribution is 7.86. The molecule has 1 atom stereocenters. The number of ether oxygens (including phenoxy) is 1. The zero-order valence-corrected chi connectivity index (χ0v) is 15.4. The van der Waals surface area contributed by atoms with Crippen LogP contribution in [0, 0.1) is 5.92 Å². The highest BCUT2D eigenvalue weighted by Crippen LogP contribution is 2.34. The van der Waals surface area contributed by atoms with Crippen LogP contribution in [0.2, 0.25) is 0 Å². The summed E-state index contributed by atoms with van der Waals surface area (Å²) in [6, 6.07) is 5.23. The van der Waals surface area contributed by atoms with Crippen molar-refractivity contribution >= 4 is 16.0 Å². The van der Waals surface area contributed by atoms with Crippen molar-refractivity contribution in [3.63, 3.8) is 0 Å². The van der Waals surface area contributed by atoms with Gasteiger partial charge < -0.3 is 13.8 Å². The molecule has 1 fully saturated rings. The first-order valence-electron chi connectivity index (χ1n) is 8.12. The van der Waals surface area contributed by atoms with Crippen molar-refractivity contribution in [2.75, 3.05) is 13.4 Å². The van der Waals surface area contributed by atoms with Crippen molar-refractivity contribution in [2.24, 2.45) is 5.92 Å². The van der Waals surface area contributed by atoms with Gasteiger partial charge in [-0.3, -0.25) is 4.79 Å². The zero-order valence-electron chi connectivity index (χ0n) is 14.6. The van der Waals surface area contributed by atoms with Gasteiger partial charge in [0.05, 0.1) is 13.4 Å². The largest absolute Gasteiger partial charge is 0.493 e. The summed E-state index contributed by atoms with van der Waals surface area (Å²) in [5.41, 5.74) is 0.809. The SMILES string of the molecule is CC[C@H](C)N(Cc1ccc(OC)c(OS(C)(=O)=O)c1)C(=O)C1CC1. The molecule has 1 aromatic carbocycles. The average molecular weight is 355 g/mol. The van der Waals surface area contributed by atoms with E-state index in [0.717, 1.165) is 31.1 Å². The third-order valence-corrected chi connectivity index (χ3v) is 4.64. The minimum absolute atomic E-state index is 0.125.